The van der Waals surface area contributed by atoms with E-state index in [9.17, 15) is 10.1 Å². The number of amidine groups is 1. The summed E-state index contributed by atoms with van der Waals surface area (Å²) in [5, 5.41) is 14.9. The Hall–Kier alpha value is -1.56. The van der Waals surface area contributed by atoms with Crippen molar-refractivity contribution in [1.82, 2.24) is 0 Å². The van der Waals surface area contributed by atoms with E-state index in [1.807, 2.05) is 6.92 Å². The molecule has 108 valence electrons. The van der Waals surface area contributed by atoms with E-state index in [-0.39, 0.29) is 10.6 Å². The Morgan fingerprint density at radius 2 is 2.35 bits per heavy atom. The number of nitro benzene ring substituents is 1. The monoisotopic (exact) mass is 293 g/mol. The molecular weight excluding hydrogens is 274 g/mol. The molecule has 0 amide bonds. The van der Waals surface area contributed by atoms with Crippen LogP contribution < -0.4 is 5.32 Å². The summed E-state index contributed by atoms with van der Waals surface area (Å²) < 4.78 is 0. The highest BCUT2D eigenvalue weighted by atomic mass is 32.2. The van der Waals surface area contributed by atoms with Crippen molar-refractivity contribution >= 4 is 28.3 Å². The number of unbranched alkanes of at least 4 members (excludes halogenated alkanes) is 1. The maximum atomic E-state index is 10.7. The van der Waals surface area contributed by atoms with Gasteiger partial charge in [0.2, 0.25) is 0 Å². The number of non-ortho nitro benzene ring substituents is 1. The first-order valence-electron chi connectivity index (χ1n) is 6.82. The lowest BCUT2D eigenvalue weighted by molar-refractivity contribution is -0.384. The average Bonchev–Trinajstić information content (AvgIpc) is 2.86. The van der Waals surface area contributed by atoms with Crippen molar-refractivity contribution in [3.8, 4) is 0 Å². The predicted molar refractivity (Wildman–Crippen MR) is 84.7 cm³/mol. The standard InChI is InChI=1S/C14H19N3O2S/c1-3-4-5-11-9-20-14(15-11)16-13-7-6-12(17(18)19)8-10(13)2/h6-8,11H,3-5,9H2,1-2H3,(H,15,16). The van der Waals surface area contributed by atoms with E-state index in [0.717, 1.165) is 28.6 Å². The first kappa shape index (κ1) is 14.8. The highest BCUT2D eigenvalue weighted by molar-refractivity contribution is 8.14. The second-order valence-electron chi connectivity index (χ2n) is 4.92. The summed E-state index contributed by atoms with van der Waals surface area (Å²) >= 11 is 1.72. The topological polar surface area (TPSA) is 67.5 Å². The Morgan fingerprint density at radius 3 is 3.00 bits per heavy atom. The molecule has 0 bridgehead atoms. The Bertz CT molecular complexity index is 531. The van der Waals surface area contributed by atoms with Gasteiger partial charge in [0.1, 0.15) is 0 Å². The van der Waals surface area contributed by atoms with Gasteiger partial charge in [-0.05, 0) is 25.0 Å². The van der Waals surface area contributed by atoms with E-state index < -0.39 is 0 Å². The minimum absolute atomic E-state index is 0.120. The van der Waals surface area contributed by atoms with Crippen LogP contribution in [0.1, 0.15) is 31.7 Å². The van der Waals surface area contributed by atoms with E-state index >= 15 is 0 Å². The third-order valence-electron chi connectivity index (χ3n) is 3.27. The summed E-state index contributed by atoms with van der Waals surface area (Å²) in [6, 6.07) is 5.25. The van der Waals surface area contributed by atoms with Gasteiger partial charge in [-0.15, -0.1) is 0 Å². The Morgan fingerprint density at radius 1 is 1.55 bits per heavy atom. The summed E-state index contributed by atoms with van der Waals surface area (Å²) in [6.07, 6.45) is 3.54. The number of nitrogens with one attached hydrogen (secondary N) is 1. The molecule has 1 unspecified atom stereocenters. The summed E-state index contributed by atoms with van der Waals surface area (Å²) in [6.45, 7) is 4.05. The molecule has 0 spiro atoms. The normalized spacial score (nSPS) is 17.9. The van der Waals surface area contributed by atoms with Crippen LogP contribution in [0, 0.1) is 17.0 Å². The van der Waals surface area contributed by atoms with Crippen LogP contribution in [0.15, 0.2) is 23.2 Å². The third-order valence-corrected chi connectivity index (χ3v) is 4.30. The molecule has 1 heterocycles. The van der Waals surface area contributed by atoms with Crippen molar-refractivity contribution in [3.05, 3.63) is 33.9 Å². The van der Waals surface area contributed by atoms with Crippen molar-refractivity contribution in [1.29, 1.82) is 0 Å². The predicted octanol–water partition coefficient (Wildman–Crippen LogP) is 3.98. The molecule has 0 radical (unpaired) electrons. The third kappa shape index (κ3) is 3.72. The molecule has 0 saturated heterocycles. The second kappa shape index (κ2) is 6.74. The van der Waals surface area contributed by atoms with Gasteiger partial charge >= 0.3 is 0 Å². The van der Waals surface area contributed by atoms with Gasteiger partial charge in [0.05, 0.1) is 11.0 Å². The van der Waals surface area contributed by atoms with Crippen LogP contribution in [0.2, 0.25) is 0 Å². The lowest BCUT2D eigenvalue weighted by Crippen LogP contribution is -2.07. The molecule has 1 aromatic carbocycles. The molecule has 1 aromatic rings. The number of nitro groups is 1. The van der Waals surface area contributed by atoms with E-state index in [1.54, 1.807) is 23.9 Å². The van der Waals surface area contributed by atoms with Gasteiger partial charge in [0, 0.05) is 23.6 Å². The number of rotatable bonds is 5. The molecular formula is C14H19N3O2S. The smallest absolute Gasteiger partial charge is 0.269 e. The molecule has 0 aliphatic carbocycles. The lowest BCUT2D eigenvalue weighted by atomic mass is 10.1. The van der Waals surface area contributed by atoms with Gasteiger partial charge in [-0.3, -0.25) is 15.1 Å². The fraction of sp³-hybridized carbons (Fsp3) is 0.500. The first-order valence-corrected chi connectivity index (χ1v) is 7.81. The molecule has 1 aliphatic heterocycles. The molecule has 20 heavy (non-hydrogen) atoms. The molecule has 0 aromatic heterocycles. The van der Waals surface area contributed by atoms with Crippen molar-refractivity contribution in [2.24, 2.45) is 4.99 Å². The number of thioether (sulfide) groups is 1. The average molecular weight is 293 g/mol. The number of hydrogen-bond acceptors (Lipinski definition) is 5. The molecule has 1 N–H and O–H groups in total. The van der Waals surface area contributed by atoms with Crippen LogP contribution in [-0.2, 0) is 0 Å². The molecule has 1 atom stereocenters. The lowest BCUT2D eigenvalue weighted by Gasteiger charge is -2.08. The van der Waals surface area contributed by atoms with Crippen molar-refractivity contribution in [2.75, 3.05) is 11.1 Å². The number of anilines is 1. The largest absolute Gasteiger partial charge is 0.335 e. The fourth-order valence-electron chi connectivity index (χ4n) is 2.09. The highest BCUT2D eigenvalue weighted by Crippen LogP contribution is 2.26. The van der Waals surface area contributed by atoms with Crippen molar-refractivity contribution < 1.29 is 4.92 Å². The molecule has 2 rings (SSSR count). The van der Waals surface area contributed by atoms with E-state index in [0.29, 0.717) is 6.04 Å². The van der Waals surface area contributed by atoms with Gasteiger partial charge in [-0.1, -0.05) is 31.5 Å². The minimum atomic E-state index is -0.376. The zero-order valence-corrected chi connectivity index (χ0v) is 12.6. The first-order chi connectivity index (χ1) is 9.60. The van der Waals surface area contributed by atoms with Gasteiger partial charge in [0.15, 0.2) is 5.17 Å². The van der Waals surface area contributed by atoms with E-state index in [1.165, 1.54) is 18.9 Å². The SMILES string of the molecule is CCCCC1CSC(Nc2ccc([N+](=O)[O-])cc2C)=N1. The van der Waals surface area contributed by atoms with Gasteiger partial charge in [-0.2, -0.15) is 0 Å². The van der Waals surface area contributed by atoms with Gasteiger partial charge < -0.3 is 5.32 Å². The minimum Gasteiger partial charge on any atom is -0.335 e. The Kier molecular flexibility index (Phi) is 5.00. The van der Waals surface area contributed by atoms with Crippen LogP contribution in [-0.4, -0.2) is 21.9 Å². The molecule has 6 heteroatoms. The summed E-state index contributed by atoms with van der Waals surface area (Å²) in [4.78, 5) is 15.0. The highest BCUT2D eigenvalue weighted by Gasteiger charge is 2.18. The summed E-state index contributed by atoms with van der Waals surface area (Å²) in [5.74, 6) is 1.02. The molecule has 0 fully saturated rings. The Balaban J connectivity index is 2.02. The van der Waals surface area contributed by atoms with Crippen molar-refractivity contribution in [3.63, 3.8) is 0 Å². The number of hydrogen-bond donors (Lipinski definition) is 1. The zero-order chi connectivity index (χ0) is 14.5. The maximum Gasteiger partial charge on any atom is 0.269 e. The van der Waals surface area contributed by atoms with Crippen LogP contribution in [0.4, 0.5) is 11.4 Å². The zero-order valence-electron chi connectivity index (χ0n) is 11.8. The second-order valence-corrected chi connectivity index (χ2v) is 5.93. The maximum absolute atomic E-state index is 10.7. The van der Waals surface area contributed by atoms with Gasteiger partial charge in [0.25, 0.3) is 5.69 Å². The van der Waals surface area contributed by atoms with Crippen LogP contribution in [0.5, 0.6) is 0 Å². The number of aryl methyl sites for hydroxylation is 1. The molecule has 1 aliphatic rings. The number of benzene rings is 1. The quantitative estimate of drug-likeness (QED) is 0.658. The Labute approximate surface area is 123 Å². The number of aliphatic imine (C=N–C) groups is 1. The summed E-state index contributed by atoms with van der Waals surface area (Å²) in [5.41, 5.74) is 1.87. The van der Waals surface area contributed by atoms with Crippen LogP contribution in [0.3, 0.4) is 0 Å². The van der Waals surface area contributed by atoms with Crippen molar-refractivity contribution in [2.45, 2.75) is 39.2 Å². The van der Waals surface area contributed by atoms with Crippen LogP contribution in [0.25, 0.3) is 0 Å². The summed E-state index contributed by atoms with van der Waals surface area (Å²) in [7, 11) is 0. The van der Waals surface area contributed by atoms with E-state index in [2.05, 4.69) is 17.2 Å². The van der Waals surface area contributed by atoms with Gasteiger partial charge in [-0.25, -0.2) is 0 Å². The number of nitrogens with zero attached hydrogens (tertiary/aromatic N) is 2. The molecule has 0 saturated carbocycles. The van der Waals surface area contributed by atoms with Crippen LogP contribution >= 0.6 is 11.8 Å². The fourth-order valence-corrected chi connectivity index (χ4v) is 3.09. The van der Waals surface area contributed by atoms with E-state index in [4.69, 9.17) is 0 Å². The molecule has 5 nitrogen and oxygen atoms in total.